The van der Waals surface area contributed by atoms with Gasteiger partial charge in [-0.3, -0.25) is 4.79 Å². The Morgan fingerprint density at radius 3 is 2.82 bits per heavy atom. The van der Waals surface area contributed by atoms with Crippen molar-refractivity contribution >= 4 is 33.4 Å². The van der Waals surface area contributed by atoms with E-state index in [1.165, 1.54) is 6.26 Å². The van der Waals surface area contributed by atoms with Crippen LogP contribution in [0.15, 0.2) is 16.7 Å². The molecular formula is C12H17BrClNO2. The lowest BCUT2D eigenvalue weighted by molar-refractivity contribution is 0.0934. The first-order valence-corrected chi connectivity index (χ1v) is 7.03. The molecule has 1 heterocycles. The molecule has 0 fully saturated rings. The van der Waals surface area contributed by atoms with Crippen LogP contribution in [-0.4, -0.2) is 17.8 Å². The third-order valence-corrected chi connectivity index (χ3v) is 3.43. The van der Waals surface area contributed by atoms with Crippen molar-refractivity contribution in [1.82, 2.24) is 5.32 Å². The van der Waals surface area contributed by atoms with Gasteiger partial charge in [0.15, 0.2) is 0 Å². The van der Waals surface area contributed by atoms with Gasteiger partial charge in [0.05, 0.1) is 11.8 Å². The van der Waals surface area contributed by atoms with Crippen LogP contribution in [0.3, 0.4) is 0 Å². The van der Waals surface area contributed by atoms with E-state index in [1.54, 1.807) is 6.07 Å². The minimum atomic E-state index is -0.185. The molecule has 0 spiro atoms. The van der Waals surface area contributed by atoms with Gasteiger partial charge in [0, 0.05) is 11.9 Å². The average molecular weight is 323 g/mol. The van der Waals surface area contributed by atoms with Gasteiger partial charge in [-0.15, -0.1) is 0 Å². The van der Waals surface area contributed by atoms with E-state index < -0.39 is 0 Å². The largest absolute Gasteiger partial charge is 0.452 e. The van der Waals surface area contributed by atoms with E-state index >= 15 is 0 Å². The predicted octanol–water partition coefficient (Wildman–Crippen LogP) is 3.86. The van der Waals surface area contributed by atoms with E-state index in [4.69, 9.17) is 16.0 Å². The summed E-state index contributed by atoms with van der Waals surface area (Å²) in [5.41, 5.74) is 0.475. The van der Waals surface area contributed by atoms with Crippen LogP contribution in [-0.2, 0) is 0 Å². The Labute approximate surface area is 115 Å². The molecule has 0 aromatic carbocycles. The molecule has 0 radical (unpaired) electrons. The van der Waals surface area contributed by atoms with Gasteiger partial charge in [0.2, 0.25) is 5.22 Å². The third-order valence-electron chi connectivity index (χ3n) is 2.58. The lowest BCUT2D eigenvalue weighted by atomic mass is 9.88. The number of rotatable bonds is 6. The fourth-order valence-electron chi connectivity index (χ4n) is 1.50. The van der Waals surface area contributed by atoms with Crippen molar-refractivity contribution in [3.63, 3.8) is 0 Å². The molecule has 3 nitrogen and oxygen atoms in total. The van der Waals surface area contributed by atoms with Gasteiger partial charge in [-0.25, -0.2) is 0 Å². The Balaban J connectivity index is 2.45. The molecule has 1 aromatic rings. The minimum Gasteiger partial charge on any atom is -0.452 e. The second kappa shape index (κ2) is 6.45. The fraction of sp³-hybridized carbons (Fsp3) is 0.583. The highest BCUT2D eigenvalue weighted by Crippen LogP contribution is 2.22. The van der Waals surface area contributed by atoms with Crippen LogP contribution in [0, 0.1) is 5.41 Å². The molecule has 1 rings (SSSR count). The molecule has 0 saturated heterocycles. The normalized spacial score (nSPS) is 11.5. The molecule has 1 amide bonds. The Morgan fingerprint density at radius 1 is 1.59 bits per heavy atom. The molecule has 0 aliphatic heterocycles. The summed E-state index contributed by atoms with van der Waals surface area (Å²) < 4.78 is 4.88. The molecule has 0 atom stereocenters. The van der Waals surface area contributed by atoms with Gasteiger partial charge >= 0.3 is 0 Å². The number of amides is 1. The van der Waals surface area contributed by atoms with E-state index in [9.17, 15) is 4.79 Å². The number of hydrogen-bond acceptors (Lipinski definition) is 2. The average Bonchev–Trinajstić information content (AvgIpc) is 2.70. The Kier molecular flexibility index (Phi) is 5.53. The zero-order chi connectivity index (χ0) is 12.9. The van der Waals surface area contributed by atoms with Crippen molar-refractivity contribution in [2.24, 2.45) is 5.41 Å². The molecule has 0 bridgehead atoms. The summed E-state index contributed by atoms with van der Waals surface area (Å²) in [4.78, 5) is 11.8. The molecule has 0 saturated carbocycles. The van der Waals surface area contributed by atoms with Crippen molar-refractivity contribution in [2.75, 3.05) is 11.9 Å². The van der Waals surface area contributed by atoms with Gasteiger partial charge in [-0.05, 0) is 35.9 Å². The highest BCUT2D eigenvalue weighted by molar-refractivity contribution is 9.09. The van der Waals surface area contributed by atoms with E-state index in [-0.39, 0.29) is 16.5 Å². The number of alkyl halides is 1. The summed E-state index contributed by atoms with van der Waals surface area (Å²) in [6.07, 6.45) is 3.56. The quantitative estimate of drug-likeness (QED) is 0.808. The second-order valence-corrected chi connectivity index (χ2v) is 5.88. The van der Waals surface area contributed by atoms with Crippen molar-refractivity contribution in [2.45, 2.75) is 26.7 Å². The predicted molar refractivity (Wildman–Crippen MR) is 72.9 cm³/mol. The number of carbonyl (C=O) groups excluding carboxylic acids is 1. The first kappa shape index (κ1) is 14.6. The van der Waals surface area contributed by atoms with Crippen molar-refractivity contribution in [1.29, 1.82) is 0 Å². The Hall–Kier alpha value is -0.480. The molecule has 0 aliphatic carbocycles. The number of furan rings is 1. The molecule has 1 N–H and O–H groups in total. The summed E-state index contributed by atoms with van der Waals surface area (Å²) in [5, 5.41) is 4.00. The summed E-state index contributed by atoms with van der Waals surface area (Å²) in [7, 11) is 0. The monoisotopic (exact) mass is 321 g/mol. The van der Waals surface area contributed by atoms with Gasteiger partial charge in [0.1, 0.15) is 0 Å². The topological polar surface area (TPSA) is 42.2 Å². The highest BCUT2D eigenvalue weighted by Gasteiger charge is 2.20. The molecule has 0 aliphatic rings. The van der Waals surface area contributed by atoms with Gasteiger partial charge in [-0.2, -0.15) is 0 Å². The smallest absolute Gasteiger partial charge is 0.256 e. The van der Waals surface area contributed by atoms with Crippen LogP contribution >= 0.6 is 27.5 Å². The van der Waals surface area contributed by atoms with Crippen LogP contribution < -0.4 is 5.32 Å². The van der Waals surface area contributed by atoms with E-state index in [1.807, 2.05) is 0 Å². The second-order valence-electron chi connectivity index (χ2n) is 4.75. The lowest BCUT2D eigenvalue weighted by Gasteiger charge is -2.24. The van der Waals surface area contributed by atoms with Crippen LogP contribution in [0.1, 0.15) is 37.0 Å². The van der Waals surface area contributed by atoms with Crippen molar-refractivity contribution < 1.29 is 9.21 Å². The zero-order valence-corrected chi connectivity index (χ0v) is 12.4. The first-order chi connectivity index (χ1) is 7.96. The summed E-state index contributed by atoms with van der Waals surface area (Å²) >= 11 is 9.14. The van der Waals surface area contributed by atoms with E-state index in [2.05, 4.69) is 35.1 Å². The zero-order valence-electron chi connectivity index (χ0n) is 10.1. The third kappa shape index (κ3) is 4.72. The molecule has 0 unspecified atom stereocenters. The first-order valence-electron chi connectivity index (χ1n) is 5.53. The van der Waals surface area contributed by atoms with Crippen LogP contribution in [0.25, 0.3) is 0 Å². The van der Waals surface area contributed by atoms with Gasteiger partial charge in [0.25, 0.3) is 5.91 Å². The van der Waals surface area contributed by atoms with Crippen LogP contribution in [0.4, 0.5) is 0 Å². The number of halogens is 2. The highest BCUT2D eigenvalue weighted by atomic mass is 79.9. The van der Waals surface area contributed by atoms with E-state index in [0.29, 0.717) is 12.1 Å². The molecule has 5 heteroatoms. The Morgan fingerprint density at radius 2 is 2.29 bits per heavy atom. The number of carbonyl (C=O) groups is 1. The Bertz CT molecular complexity index is 376. The van der Waals surface area contributed by atoms with Gasteiger partial charge < -0.3 is 9.73 Å². The SMILES string of the molecule is CC(C)(CCCBr)CNC(=O)c1ccoc1Cl. The van der Waals surface area contributed by atoms with Gasteiger partial charge in [-0.1, -0.05) is 29.8 Å². The van der Waals surface area contributed by atoms with Crippen molar-refractivity contribution in [3.8, 4) is 0 Å². The van der Waals surface area contributed by atoms with Crippen LogP contribution in [0.2, 0.25) is 5.22 Å². The van der Waals surface area contributed by atoms with E-state index in [0.717, 1.165) is 18.2 Å². The summed E-state index contributed by atoms with van der Waals surface area (Å²) in [5.74, 6) is -0.185. The standard InChI is InChI=1S/C12H17BrClNO2/c1-12(2,5-3-6-13)8-15-11(16)9-4-7-17-10(9)14/h4,7H,3,5-6,8H2,1-2H3,(H,15,16). The van der Waals surface area contributed by atoms with Crippen LogP contribution in [0.5, 0.6) is 0 Å². The summed E-state index contributed by atoms with van der Waals surface area (Å²) in [6, 6.07) is 1.57. The van der Waals surface area contributed by atoms with Crippen molar-refractivity contribution in [3.05, 3.63) is 23.1 Å². The minimum absolute atomic E-state index is 0.0830. The number of hydrogen-bond donors (Lipinski definition) is 1. The number of nitrogens with one attached hydrogen (secondary N) is 1. The summed E-state index contributed by atoms with van der Waals surface area (Å²) in [6.45, 7) is 4.89. The maximum atomic E-state index is 11.8. The molecular weight excluding hydrogens is 305 g/mol. The molecule has 1 aromatic heterocycles. The molecule has 96 valence electrons. The molecule has 17 heavy (non-hydrogen) atoms. The maximum absolute atomic E-state index is 11.8. The lowest BCUT2D eigenvalue weighted by Crippen LogP contribution is -2.34. The maximum Gasteiger partial charge on any atom is 0.256 e. The fourth-order valence-corrected chi connectivity index (χ4v) is 1.98.